The Hall–Kier alpha value is -0.570. The normalized spacial score (nSPS) is 19.4. The second kappa shape index (κ2) is 6.93. The van der Waals surface area contributed by atoms with Crippen LogP contribution in [0.15, 0.2) is 24.3 Å². The topological polar surface area (TPSA) is 15.3 Å². The van der Waals surface area contributed by atoms with E-state index in [9.17, 15) is 0 Å². The molecule has 2 rings (SSSR count). The van der Waals surface area contributed by atoms with E-state index in [2.05, 4.69) is 43.4 Å². The van der Waals surface area contributed by atoms with E-state index in [-0.39, 0.29) is 5.54 Å². The lowest BCUT2D eigenvalue weighted by Gasteiger charge is -2.44. The van der Waals surface area contributed by atoms with Crippen molar-refractivity contribution in [2.75, 3.05) is 20.6 Å². The molecule has 0 aromatic heterocycles. The molecule has 1 aliphatic carbocycles. The van der Waals surface area contributed by atoms with Gasteiger partial charge in [0.25, 0.3) is 0 Å². The van der Waals surface area contributed by atoms with Gasteiger partial charge in [0.1, 0.15) is 0 Å². The molecule has 3 heteroatoms. The van der Waals surface area contributed by atoms with Crippen LogP contribution in [-0.2, 0) is 6.42 Å². The molecule has 0 radical (unpaired) electrons. The molecule has 0 aliphatic heterocycles. The number of benzene rings is 1. The summed E-state index contributed by atoms with van der Waals surface area (Å²) in [4.78, 5) is 2.43. The molecular weight excluding hydrogens is 268 g/mol. The summed E-state index contributed by atoms with van der Waals surface area (Å²) in [5.74, 6) is 0. The number of likely N-dealkylation sites (N-methyl/N-ethyl adjacent to an activating group) is 2. The van der Waals surface area contributed by atoms with E-state index in [1.165, 1.54) is 31.2 Å². The quantitative estimate of drug-likeness (QED) is 0.860. The predicted molar refractivity (Wildman–Crippen MR) is 87.5 cm³/mol. The van der Waals surface area contributed by atoms with Crippen LogP contribution < -0.4 is 5.32 Å². The molecule has 0 spiro atoms. The average molecular weight is 295 g/mol. The van der Waals surface area contributed by atoms with Gasteiger partial charge in [0.15, 0.2) is 0 Å². The largest absolute Gasteiger partial charge is 0.312 e. The highest BCUT2D eigenvalue weighted by atomic mass is 35.5. The minimum Gasteiger partial charge on any atom is -0.312 e. The third-order valence-electron chi connectivity index (χ3n) is 4.84. The smallest absolute Gasteiger partial charge is 0.0438 e. The number of nitrogens with one attached hydrogen (secondary N) is 1. The van der Waals surface area contributed by atoms with Crippen LogP contribution in [0.1, 0.15) is 38.2 Å². The molecule has 1 unspecified atom stereocenters. The number of hydrogen-bond donors (Lipinski definition) is 1. The summed E-state index contributed by atoms with van der Waals surface area (Å²) in [6, 6.07) is 8.71. The van der Waals surface area contributed by atoms with E-state index in [4.69, 9.17) is 11.6 Å². The van der Waals surface area contributed by atoms with Crippen molar-refractivity contribution in [1.82, 2.24) is 10.2 Å². The van der Waals surface area contributed by atoms with Gasteiger partial charge in [0.2, 0.25) is 0 Å². The highest BCUT2D eigenvalue weighted by molar-refractivity contribution is 6.31. The molecular formula is C17H27ClN2. The Kier molecular flexibility index (Phi) is 5.48. The van der Waals surface area contributed by atoms with Gasteiger partial charge < -0.3 is 10.2 Å². The minimum atomic E-state index is 0.273. The Morgan fingerprint density at radius 3 is 2.45 bits per heavy atom. The minimum absolute atomic E-state index is 0.273. The van der Waals surface area contributed by atoms with Gasteiger partial charge in [-0.05, 0) is 51.5 Å². The molecule has 1 aromatic carbocycles. The molecule has 1 N–H and O–H groups in total. The summed E-state index contributed by atoms with van der Waals surface area (Å²) >= 11 is 6.36. The fourth-order valence-corrected chi connectivity index (χ4v) is 3.89. The third-order valence-corrected chi connectivity index (χ3v) is 5.21. The van der Waals surface area contributed by atoms with Crippen molar-refractivity contribution in [2.45, 2.75) is 50.6 Å². The van der Waals surface area contributed by atoms with Gasteiger partial charge in [-0.15, -0.1) is 0 Å². The molecule has 2 nitrogen and oxygen atoms in total. The number of hydrogen-bond acceptors (Lipinski definition) is 2. The highest BCUT2D eigenvalue weighted by Gasteiger charge is 2.42. The first-order valence-corrected chi connectivity index (χ1v) is 8.12. The van der Waals surface area contributed by atoms with Crippen molar-refractivity contribution in [3.8, 4) is 0 Å². The zero-order valence-corrected chi connectivity index (χ0v) is 13.7. The van der Waals surface area contributed by atoms with E-state index in [1.807, 2.05) is 12.1 Å². The first-order chi connectivity index (χ1) is 9.60. The van der Waals surface area contributed by atoms with Gasteiger partial charge in [-0.25, -0.2) is 0 Å². The van der Waals surface area contributed by atoms with Crippen LogP contribution >= 0.6 is 11.6 Å². The van der Waals surface area contributed by atoms with Crippen molar-refractivity contribution >= 4 is 11.6 Å². The lowest BCUT2D eigenvalue weighted by Crippen LogP contribution is -2.58. The van der Waals surface area contributed by atoms with Crippen molar-refractivity contribution in [2.24, 2.45) is 0 Å². The molecule has 1 saturated carbocycles. The summed E-state index contributed by atoms with van der Waals surface area (Å²) < 4.78 is 0. The fraction of sp³-hybridized carbons (Fsp3) is 0.647. The molecule has 1 aromatic rings. The Morgan fingerprint density at radius 1 is 1.25 bits per heavy atom. The maximum absolute atomic E-state index is 6.36. The monoisotopic (exact) mass is 294 g/mol. The highest BCUT2D eigenvalue weighted by Crippen LogP contribution is 2.38. The average Bonchev–Trinajstić information content (AvgIpc) is 2.91. The van der Waals surface area contributed by atoms with Gasteiger partial charge in [-0.1, -0.05) is 49.6 Å². The van der Waals surface area contributed by atoms with Crippen LogP contribution in [0.5, 0.6) is 0 Å². The summed E-state index contributed by atoms with van der Waals surface area (Å²) in [5, 5.41) is 4.61. The van der Waals surface area contributed by atoms with E-state index in [0.29, 0.717) is 6.04 Å². The molecule has 1 atom stereocenters. The van der Waals surface area contributed by atoms with Crippen molar-refractivity contribution < 1.29 is 0 Å². The zero-order chi connectivity index (χ0) is 14.6. The maximum Gasteiger partial charge on any atom is 0.0438 e. The SMILES string of the molecule is CCNC(Cc1ccccc1Cl)C1(N(C)C)CCCC1. The molecule has 0 bridgehead atoms. The standard InChI is InChI=1S/C17H27ClN2/c1-4-19-16(13-14-9-5-6-10-15(14)18)17(20(2)3)11-7-8-12-17/h5-6,9-10,16,19H,4,7-8,11-13H2,1-3H3. The Bertz CT molecular complexity index is 425. The molecule has 0 amide bonds. The maximum atomic E-state index is 6.36. The van der Waals surface area contributed by atoms with Crippen LogP contribution in [0.2, 0.25) is 5.02 Å². The first-order valence-electron chi connectivity index (χ1n) is 7.74. The van der Waals surface area contributed by atoms with Crippen LogP contribution in [0.25, 0.3) is 0 Å². The van der Waals surface area contributed by atoms with E-state index in [0.717, 1.165) is 18.0 Å². The Morgan fingerprint density at radius 2 is 1.90 bits per heavy atom. The van der Waals surface area contributed by atoms with Crippen LogP contribution in [0, 0.1) is 0 Å². The van der Waals surface area contributed by atoms with Crippen molar-refractivity contribution in [3.05, 3.63) is 34.9 Å². The second-order valence-corrected chi connectivity index (χ2v) is 6.52. The summed E-state index contributed by atoms with van der Waals surface area (Å²) in [5.41, 5.74) is 1.53. The van der Waals surface area contributed by atoms with Crippen LogP contribution in [0.4, 0.5) is 0 Å². The molecule has 0 saturated heterocycles. The van der Waals surface area contributed by atoms with Gasteiger partial charge in [-0.2, -0.15) is 0 Å². The Labute approximate surface area is 128 Å². The zero-order valence-electron chi connectivity index (χ0n) is 13.0. The van der Waals surface area contributed by atoms with Crippen LogP contribution in [-0.4, -0.2) is 37.1 Å². The number of nitrogens with zero attached hydrogens (tertiary/aromatic N) is 1. The predicted octanol–water partition coefficient (Wildman–Crippen LogP) is 3.74. The molecule has 112 valence electrons. The summed E-state index contributed by atoms with van der Waals surface area (Å²) in [6.07, 6.45) is 6.24. The second-order valence-electron chi connectivity index (χ2n) is 6.11. The Balaban J connectivity index is 2.24. The van der Waals surface area contributed by atoms with Gasteiger partial charge in [-0.3, -0.25) is 0 Å². The molecule has 1 aliphatic rings. The first kappa shape index (κ1) is 15.8. The fourth-order valence-electron chi connectivity index (χ4n) is 3.68. The van der Waals surface area contributed by atoms with Gasteiger partial charge >= 0.3 is 0 Å². The number of rotatable bonds is 6. The van der Waals surface area contributed by atoms with Gasteiger partial charge in [0, 0.05) is 16.6 Å². The van der Waals surface area contributed by atoms with Crippen molar-refractivity contribution in [1.29, 1.82) is 0 Å². The summed E-state index contributed by atoms with van der Waals surface area (Å²) in [6.45, 7) is 3.20. The van der Waals surface area contributed by atoms with Gasteiger partial charge in [0.05, 0.1) is 0 Å². The van der Waals surface area contributed by atoms with E-state index < -0.39 is 0 Å². The number of halogens is 1. The van der Waals surface area contributed by atoms with Crippen molar-refractivity contribution in [3.63, 3.8) is 0 Å². The third kappa shape index (κ3) is 3.19. The molecule has 1 fully saturated rings. The lowest BCUT2D eigenvalue weighted by atomic mass is 9.83. The van der Waals surface area contributed by atoms with Crippen LogP contribution in [0.3, 0.4) is 0 Å². The lowest BCUT2D eigenvalue weighted by molar-refractivity contribution is 0.105. The van der Waals surface area contributed by atoms with E-state index in [1.54, 1.807) is 0 Å². The summed E-state index contributed by atoms with van der Waals surface area (Å²) in [7, 11) is 4.45. The molecule has 20 heavy (non-hydrogen) atoms. The molecule has 0 heterocycles. The van der Waals surface area contributed by atoms with E-state index >= 15 is 0 Å².